The van der Waals surface area contributed by atoms with Crippen molar-refractivity contribution in [2.24, 2.45) is 0 Å². The van der Waals surface area contributed by atoms with Crippen molar-refractivity contribution in [1.82, 2.24) is 5.32 Å². The number of hydrogen-bond donors (Lipinski definition) is 2. The summed E-state index contributed by atoms with van der Waals surface area (Å²) in [5.74, 6) is -1.34. The van der Waals surface area contributed by atoms with E-state index in [1.807, 2.05) is 0 Å². The molecule has 0 radical (unpaired) electrons. The van der Waals surface area contributed by atoms with Gasteiger partial charge in [0, 0.05) is 12.8 Å². The Bertz CT molecular complexity index is 688. The molecular formula is C35H63NO5. The molecule has 0 saturated carbocycles. The van der Waals surface area contributed by atoms with E-state index in [1.165, 1.54) is 83.5 Å². The second-order valence-electron chi connectivity index (χ2n) is 11.4. The highest BCUT2D eigenvalue weighted by Gasteiger charge is 2.12. The zero-order valence-electron chi connectivity index (χ0n) is 26.6. The summed E-state index contributed by atoms with van der Waals surface area (Å²) < 4.78 is 5.86. The number of carbonyl (C=O) groups excluding carboxylic acids is 2. The van der Waals surface area contributed by atoms with Gasteiger partial charge in [-0.3, -0.25) is 14.4 Å². The van der Waals surface area contributed by atoms with Crippen LogP contribution in [0.4, 0.5) is 0 Å². The van der Waals surface area contributed by atoms with Gasteiger partial charge >= 0.3 is 11.9 Å². The second-order valence-corrected chi connectivity index (χ2v) is 11.4. The number of ether oxygens (including phenoxy) is 1. The number of carboxylic acids is 1. The number of amides is 1. The van der Waals surface area contributed by atoms with E-state index >= 15 is 0 Å². The fourth-order valence-electron chi connectivity index (χ4n) is 4.76. The first-order valence-electron chi connectivity index (χ1n) is 17.0. The van der Waals surface area contributed by atoms with Gasteiger partial charge in [-0.05, 0) is 63.9 Å². The number of hydrogen-bond acceptors (Lipinski definition) is 4. The molecule has 0 heterocycles. The molecule has 0 aromatic heterocycles. The number of carbonyl (C=O) groups is 3. The summed E-state index contributed by atoms with van der Waals surface area (Å²) in [6.45, 7) is 4.14. The van der Waals surface area contributed by atoms with Crippen LogP contribution >= 0.6 is 0 Å². The number of allylic oxidation sites excluding steroid dienone is 3. The minimum absolute atomic E-state index is 0.0930. The fourth-order valence-corrected chi connectivity index (χ4v) is 4.76. The van der Waals surface area contributed by atoms with E-state index in [4.69, 9.17) is 9.84 Å². The van der Waals surface area contributed by atoms with Gasteiger partial charge in [-0.15, -0.1) is 0 Å². The lowest BCUT2D eigenvalue weighted by Gasteiger charge is -2.15. The largest absolute Gasteiger partial charge is 0.480 e. The molecule has 2 N–H and O–H groups in total. The van der Waals surface area contributed by atoms with Crippen LogP contribution in [0.25, 0.3) is 0 Å². The fraction of sp³-hybridized carbons (Fsp3) is 0.800. The first kappa shape index (κ1) is 38.9. The summed E-state index contributed by atoms with van der Waals surface area (Å²) >= 11 is 0. The number of unbranched alkanes of at least 4 members (excludes halogenated alkanes) is 17. The Kier molecular flexibility index (Phi) is 29.3. The Morgan fingerprint density at radius 3 is 1.78 bits per heavy atom. The smallest absolute Gasteiger partial charge is 0.322 e. The quantitative estimate of drug-likeness (QED) is 0.0504. The highest BCUT2D eigenvalue weighted by molar-refractivity contribution is 5.80. The van der Waals surface area contributed by atoms with Gasteiger partial charge in [0.05, 0.1) is 0 Å². The average Bonchev–Trinajstić information content (AvgIpc) is 2.95. The minimum Gasteiger partial charge on any atom is -0.480 e. The Hall–Kier alpha value is -2.11. The molecule has 0 spiro atoms. The molecule has 1 unspecified atom stereocenters. The number of aliphatic carboxylic acids is 1. The van der Waals surface area contributed by atoms with Crippen molar-refractivity contribution in [2.45, 2.75) is 174 Å². The monoisotopic (exact) mass is 577 g/mol. The zero-order valence-corrected chi connectivity index (χ0v) is 26.6. The van der Waals surface area contributed by atoms with Gasteiger partial charge in [-0.25, -0.2) is 0 Å². The van der Waals surface area contributed by atoms with Gasteiger partial charge in [0.1, 0.15) is 12.6 Å². The third-order valence-corrected chi connectivity index (χ3v) is 7.33. The zero-order chi connectivity index (χ0) is 30.2. The van der Waals surface area contributed by atoms with E-state index in [0.717, 1.165) is 57.8 Å². The Morgan fingerprint density at radius 2 is 1.15 bits per heavy atom. The van der Waals surface area contributed by atoms with E-state index in [9.17, 15) is 14.4 Å². The van der Waals surface area contributed by atoms with Crippen LogP contribution in [0.15, 0.2) is 24.3 Å². The second kappa shape index (κ2) is 30.8. The molecule has 0 aliphatic carbocycles. The maximum Gasteiger partial charge on any atom is 0.322 e. The van der Waals surface area contributed by atoms with Gasteiger partial charge in [0.15, 0.2) is 0 Å². The van der Waals surface area contributed by atoms with Gasteiger partial charge < -0.3 is 15.2 Å². The first-order chi connectivity index (χ1) is 20.0. The molecule has 6 nitrogen and oxygen atoms in total. The van der Waals surface area contributed by atoms with Gasteiger partial charge in [0.25, 0.3) is 0 Å². The molecule has 0 bridgehead atoms. The maximum atomic E-state index is 12.5. The molecule has 1 amide bonds. The summed E-state index contributed by atoms with van der Waals surface area (Å²) in [4.78, 5) is 34.7. The van der Waals surface area contributed by atoms with Crippen LogP contribution in [-0.4, -0.2) is 35.6 Å². The molecule has 0 saturated heterocycles. The molecule has 238 valence electrons. The van der Waals surface area contributed by atoms with E-state index in [0.29, 0.717) is 12.8 Å². The van der Waals surface area contributed by atoms with Gasteiger partial charge in [-0.1, -0.05) is 116 Å². The van der Waals surface area contributed by atoms with E-state index in [2.05, 4.69) is 43.5 Å². The molecule has 0 aliphatic rings. The summed E-state index contributed by atoms with van der Waals surface area (Å²) in [6, 6.07) is 0. The van der Waals surface area contributed by atoms with Crippen LogP contribution in [0.3, 0.4) is 0 Å². The number of nitrogens with one attached hydrogen (secondary N) is 1. The lowest BCUT2D eigenvalue weighted by atomic mass is 10.1. The topological polar surface area (TPSA) is 92.7 Å². The normalized spacial score (nSPS) is 12.2. The van der Waals surface area contributed by atoms with Gasteiger partial charge in [0.2, 0.25) is 5.91 Å². The van der Waals surface area contributed by atoms with Crippen molar-refractivity contribution in [3.05, 3.63) is 24.3 Å². The SMILES string of the molecule is CCCC/C=C\CCCCCCCC(=O)OC(/C=C\CCCCCCCCC)CCCCCCC(=O)NCC(=O)O. The van der Waals surface area contributed by atoms with E-state index < -0.39 is 5.97 Å². The summed E-state index contributed by atoms with van der Waals surface area (Å²) in [6.07, 6.45) is 34.4. The number of rotatable bonds is 30. The first-order valence-corrected chi connectivity index (χ1v) is 17.0. The highest BCUT2D eigenvalue weighted by atomic mass is 16.5. The van der Waals surface area contributed by atoms with Crippen molar-refractivity contribution in [1.29, 1.82) is 0 Å². The van der Waals surface area contributed by atoms with Crippen LogP contribution in [0.2, 0.25) is 0 Å². The Balaban J connectivity index is 4.25. The third kappa shape index (κ3) is 30.7. The summed E-state index contributed by atoms with van der Waals surface area (Å²) in [7, 11) is 0. The van der Waals surface area contributed by atoms with Crippen LogP contribution in [0.1, 0.15) is 168 Å². The van der Waals surface area contributed by atoms with Crippen LogP contribution < -0.4 is 5.32 Å². The van der Waals surface area contributed by atoms with Crippen molar-refractivity contribution in [3.63, 3.8) is 0 Å². The Morgan fingerprint density at radius 1 is 0.634 bits per heavy atom. The van der Waals surface area contributed by atoms with E-state index in [1.54, 1.807) is 0 Å². The number of esters is 1. The van der Waals surface area contributed by atoms with Crippen molar-refractivity contribution >= 4 is 17.8 Å². The predicted molar refractivity (Wildman–Crippen MR) is 171 cm³/mol. The van der Waals surface area contributed by atoms with Crippen LogP contribution in [-0.2, 0) is 19.1 Å². The summed E-state index contributed by atoms with van der Waals surface area (Å²) in [5.41, 5.74) is 0. The molecule has 1 atom stereocenters. The van der Waals surface area contributed by atoms with Gasteiger partial charge in [-0.2, -0.15) is 0 Å². The van der Waals surface area contributed by atoms with Crippen LogP contribution in [0, 0.1) is 0 Å². The Labute approximate surface area is 252 Å². The molecule has 0 fully saturated rings. The standard InChI is InChI=1S/C35H63NO5/c1-3-5-7-9-11-13-14-16-18-20-26-30-35(40)41-32(27-23-19-17-15-12-10-8-6-4-2)28-24-21-22-25-29-33(37)36-31-34(38)39/h9,11,23,27,32H,3-8,10,12-22,24-26,28-31H2,1-2H3,(H,36,37)(H,38,39)/b11-9-,27-23-. The van der Waals surface area contributed by atoms with Crippen molar-refractivity contribution in [2.75, 3.05) is 6.54 Å². The molecule has 0 aromatic rings. The maximum absolute atomic E-state index is 12.5. The lowest BCUT2D eigenvalue weighted by Crippen LogP contribution is -2.28. The molecule has 0 aliphatic heterocycles. The lowest BCUT2D eigenvalue weighted by molar-refractivity contribution is -0.147. The minimum atomic E-state index is -1.03. The molecular weight excluding hydrogens is 514 g/mol. The molecule has 0 aromatic carbocycles. The van der Waals surface area contributed by atoms with Crippen molar-refractivity contribution in [3.8, 4) is 0 Å². The summed E-state index contributed by atoms with van der Waals surface area (Å²) in [5, 5.41) is 11.0. The van der Waals surface area contributed by atoms with E-state index in [-0.39, 0.29) is 24.5 Å². The average molecular weight is 578 g/mol. The van der Waals surface area contributed by atoms with Crippen LogP contribution in [0.5, 0.6) is 0 Å². The molecule has 41 heavy (non-hydrogen) atoms. The third-order valence-electron chi connectivity index (χ3n) is 7.33. The molecule has 6 heteroatoms. The number of carboxylic acid groups (broad SMARTS) is 1. The predicted octanol–water partition coefficient (Wildman–Crippen LogP) is 9.61. The highest BCUT2D eigenvalue weighted by Crippen LogP contribution is 2.15. The van der Waals surface area contributed by atoms with Crippen molar-refractivity contribution < 1.29 is 24.2 Å². The molecule has 0 rings (SSSR count).